The number of hydrogen-bond acceptors (Lipinski definition) is 2. The Bertz CT molecular complexity index is 278. The van der Waals surface area contributed by atoms with Gasteiger partial charge in [0.05, 0.1) is 0 Å². The minimum atomic E-state index is 1.03. The van der Waals surface area contributed by atoms with Crippen LogP contribution in [-0.2, 0) is 6.54 Å². The quantitative estimate of drug-likeness (QED) is 0.746. The monoisotopic (exact) mass is 204 g/mol. The number of hydrogen-bond donors (Lipinski definition) is 0. The van der Waals surface area contributed by atoms with Crippen molar-refractivity contribution >= 4 is 0 Å². The van der Waals surface area contributed by atoms with E-state index < -0.39 is 0 Å². The Labute approximate surface area is 92.5 Å². The van der Waals surface area contributed by atoms with Crippen molar-refractivity contribution in [3.05, 3.63) is 35.9 Å². The zero-order valence-corrected chi connectivity index (χ0v) is 9.52. The largest absolute Gasteiger partial charge is 0.242 e. The Morgan fingerprint density at radius 1 is 1.07 bits per heavy atom. The van der Waals surface area contributed by atoms with E-state index in [2.05, 4.69) is 47.4 Å². The van der Waals surface area contributed by atoms with Gasteiger partial charge in [0, 0.05) is 26.7 Å². The molecule has 0 saturated carbocycles. The molecular weight excluding hydrogens is 184 g/mol. The van der Waals surface area contributed by atoms with Crippen molar-refractivity contribution in [2.75, 3.05) is 20.1 Å². The third kappa shape index (κ3) is 3.05. The maximum atomic E-state index is 2.47. The van der Waals surface area contributed by atoms with E-state index in [4.69, 9.17) is 0 Å². The van der Waals surface area contributed by atoms with Crippen molar-refractivity contribution in [1.82, 2.24) is 10.0 Å². The molecule has 0 aromatic heterocycles. The summed E-state index contributed by atoms with van der Waals surface area (Å²) in [6, 6.07) is 10.7. The predicted molar refractivity (Wildman–Crippen MR) is 63.3 cm³/mol. The van der Waals surface area contributed by atoms with Crippen molar-refractivity contribution in [3.8, 4) is 0 Å². The van der Waals surface area contributed by atoms with Crippen LogP contribution in [-0.4, -0.2) is 30.2 Å². The van der Waals surface area contributed by atoms with Gasteiger partial charge in [-0.25, -0.2) is 10.0 Å². The summed E-state index contributed by atoms with van der Waals surface area (Å²) in [6.07, 6.45) is 4.09. The first kappa shape index (κ1) is 10.7. The van der Waals surface area contributed by atoms with Gasteiger partial charge in [-0.1, -0.05) is 36.8 Å². The number of piperidine rings is 1. The van der Waals surface area contributed by atoms with Crippen LogP contribution in [0.15, 0.2) is 30.3 Å². The van der Waals surface area contributed by atoms with E-state index in [0.717, 1.165) is 6.54 Å². The van der Waals surface area contributed by atoms with Crippen LogP contribution in [0.1, 0.15) is 24.8 Å². The first-order valence-electron chi connectivity index (χ1n) is 5.86. The van der Waals surface area contributed by atoms with Crippen LogP contribution in [0.2, 0.25) is 0 Å². The van der Waals surface area contributed by atoms with Crippen LogP contribution in [0.3, 0.4) is 0 Å². The summed E-state index contributed by atoms with van der Waals surface area (Å²) in [5, 5.41) is 4.82. The van der Waals surface area contributed by atoms with Gasteiger partial charge in [0.25, 0.3) is 0 Å². The number of rotatable bonds is 3. The molecule has 0 aliphatic carbocycles. The SMILES string of the molecule is CN(Cc1ccccc1)N1CCCCC1. The second-order valence-electron chi connectivity index (χ2n) is 4.32. The standard InChI is InChI=1S/C13H20N2/c1-14(15-10-6-3-7-11-15)12-13-8-4-2-5-9-13/h2,4-5,8-9H,3,6-7,10-12H2,1H3. The molecule has 1 fully saturated rings. The number of benzene rings is 1. The summed E-state index contributed by atoms with van der Waals surface area (Å²) in [7, 11) is 2.19. The highest BCUT2D eigenvalue weighted by Crippen LogP contribution is 2.12. The molecule has 1 heterocycles. The molecule has 0 atom stereocenters. The third-order valence-electron chi connectivity index (χ3n) is 3.07. The van der Waals surface area contributed by atoms with E-state index in [1.54, 1.807) is 0 Å². The van der Waals surface area contributed by atoms with Crippen LogP contribution in [0, 0.1) is 0 Å². The average Bonchev–Trinajstić information content (AvgIpc) is 2.31. The summed E-state index contributed by atoms with van der Waals surface area (Å²) < 4.78 is 0. The Kier molecular flexibility index (Phi) is 3.75. The Morgan fingerprint density at radius 3 is 2.40 bits per heavy atom. The molecule has 1 aliphatic rings. The second-order valence-corrected chi connectivity index (χ2v) is 4.32. The molecule has 0 unspecified atom stereocenters. The second kappa shape index (κ2) is 5.29. The first-order valence-corrected chi connectivity index (χ1v) is 5.86. The first-order chi connectivity index (χ1) is 7.36. The molecule has 82 valence electrons. The molecule has 1 saturated heterocycles. The highest BCUT2D eigenvalue weighted by Gasteiger charge is 2.14. The normalized spacial score (nSPS) is 18.3. The fourth-order valence-electron chi connectivity index (χ4n) is 2.17. The molecule has 0 amide bonds. The molecule has 0 spiro atoms. The van der Waals surface area contributed by atoms with Crippen molar-refractivity contribution in [2.24, 2.45) is 0 Å². The van der Waals surface area contributed by atoms with E-state index in [-0.39, 0.29) is 0 Å². The molecule has 1 aromatic rings. The summed E-state index contributed by atoms with van der Waals surface area (Å²) >= 11 is 0. The van der Waals surface area contributed by atoms with E-state index >= 15 is 0 Å². The van der Waals surface area contributed by atoms with Crippen molar-refractivity contribution in [1.29, 1.82) is 0 Å². The molecule has 2 heteroatoms. The summed E-state index contributed by atoms with van der Waals surface area (Å²) in [5.74, 6) is 0. The minimum absolute atomic E-state index is 1.03. The van der Waals surface area contributed by atoms with Crippen LogP contribution in [0.4, 0.5) is 0 Å². The molecule has 0 bridgehead atoms. The lowest BCUT2D eigenvalue weighted by molar-refractivity contribution is -0.0234. The molecule has 2 rings (SSSR count). The van der Waals surface area contributed by atoms with Gasteiger partial charge in [0.15, 0.2) is 0 Å². The molecule has 2 nitrogen and oxygen atoms in total. The highest BCUT2D eigenvalue weighted by molar-refractivity contribution is 5.14. The van der Waals surface area contributed by atoms with Crippen LogP contribution < -0.4 is 0 Å². The minimum Gasteiger partial charge on any atom is -0.242 e. The van der Waals surface area contributed by atoms with Crippen molar-refractivity contribution in [3.63, 3.8) is 0 Å². The Morgan fingerprint density at radius 2 is 1.73 bits per heavy atom. The number of hydrazine groups is 1. The molecule has 1 aliphatic heterocycles. The Hall–Kier alpha value is -0.860. The maximum Gasteiger partial charge on any atom is 0.0381 e. The zero-order chi connectivity index (χ0) is 10.5. The third-order valence-corrected chi connectivity index (χ3v) is 3.07. The van der Waals surface area contributed by atoms with Crippen LogP contribution in [0.5, 0.6) is 0 Å². The van der Waals surface area contributed by atoms with E-state index in [1.807, 2.05) is 0 Å². The zero-order valence-electron chi connectivity index (χ0n) is 9.52. The molecule has 15 heavy (non-hydrogen) atoms. The Balaban J connectivity index is 1.88. The number of nitrogens with zero attached hydrogens (tertiary/aromatic N) is 2. The molecule has 0 radical (unpaired) electrons. The van der Waals surface area contributed by atoms with Crippen LogP contribution in [0.25, 0.3) is 0 Å². The lowest BCUT2D eigenvalue weighted by Gasteiger charge is -2.34. The fraction of sp³-hybridized carbons (Fsp3) is 0.538. The highest BCUT2D eigenvalue weighted by atomic mass is 15.6. The summed E-state index contributed by atoms with van der Waals surface area (Å²) in [5.41, 5.74) is 1.39. The van der Waals surface area contributed by atoms with Gasteiger partial charge in [-0.3, -0.25) is 0 Å². The van der Waals surface area contributed by atoms with Crippen molar-refractivity contribution < 1.29 is 0 Å². The van der Waals surface area contributed by atoms with Gasteiger partial charge in [-0.2, -0.15) is 0 Å². The fourth-order valence-corrected chi connectivity index (χ4v) is 2.17. The van der Waals surface area contributed by atoms with Gasteiger partial charge in [-0.05, 0) is 18.4 Å². The van der Waals surface area contributed by atoms with E-state index in [9.17, 15) is 0 Å². The average molecular weight is 204 g/mol. The van der Waals surface area contributed by atoms with E-state index in [1.165, 1.54) is 37.9 Å². The topological polar surface area (TPSA) is 6.48 Å². The molecule has 1 aromatic carbocycles. The van der Waals surface area contributed by atoms with Gasteiger partial charge < -0.3 is 0 Å². The predicted octanol–water partition coefficient (Wildman–Crippen LogP) is 2.52. The molecule has 0 N–H and O–H groups in total. The van der Waals surface area contributed by atoms with Gasteiger partial charge >= 0.3 is 0 Å². The van der Waals surface area contributed by atoms with Crippen LogP contribution >= 0.6 is 0 Å². The molecular formula is C13H20N2. The van der Waals surface area contributed by atoms with Crippen molar-refractivity contribution in [2.45, 2.75) is 25.8 Å². The summed E-state index contributed by atoms with van der Waals surface area (Å²) in [6.45, 7) is 3.48. The smallest absolute Gasteiger partial charge is 0.0381 e. The van der Waals surface area contributed by atoms with Gasteiger partial charge in [0.2, 0.25) is 0 Å². The lowest BCUT2D eigenvalue weighted by atomic mass is 10.1. The van der Waals surface area contributed by atoms with Gasteiger partial charge in [0.1, 0.15) is 0 Å². The maximum absolute atomic E-state index is 2.47. The summed E-state index contributed by atoms with van der Waals surface area (Å²) in [4.78, 5) is 0. The van der Waals surface area contributed by atoms with Gasteiger partial charge in [-0.15, -0.1) is 0 Å². The lowest BCUT2D eigenvalue weighted by Crippen LogP contribution is -2.42. The van der Waals surface area contributed by atoms with E-state index in [0.29, 0.717) is 0 Å².